The maximum atomic E-state index is 11.3. The monoisotopic (exact) mass is 235 g/mol. The Balaban J connectivity index is 2.49. The summed E-state index contributed by atoms with van der Waals surface area (Å²) in [5.41, 5.74) is 1.39. The van der Waals surface area contributed by atoms with Gasteiger partial charge in [0.1, 0.15) is 0 Å². The van der Waals surface area contributed by atoms with E-state index < -0.39 is 0 Å². The van der Waals surface area contributed by atoms with Gasteiger partial charge in [0.2, 0.25) is 0 Å². The van der Waals surface area contributed by atoms with Gasteiger partial charge in [0, 0.05) is 6.20 Å². The molecule has 16 heavy (non-hydrogen) atoms. The Bertz CT molecular complexity index is 531. The lowest BCUT2D eigenvalue weighted by Crippen LogP contribution is -2.02. The maximum absolute atomic E-state index is 11.3. The molecule has 2 aromatic heterocycles. The molecule has 0 bridgehead atoms. The van der Waals surface area contributed by atoms with Crippen molar-refractivity contribution in [2.24, 2.45) is 0 Å². The summed E-state index contributed by atoms with van der Waals surface area (Å²) in [5, 5.41) is 4.70. The summed E-state index contributed by atoms with van der Waals surface area (Å²) in [6.45, 7) is 3.35. The highest BCUT2D eigenvalue weighted by Gasteiger charge is 2.11. The van der Waals surface area contributed by atoms with Crippen molar-refractivity contribution >= 4 is 17.4 Å². The van der Waals surface area contributed by atoms with E-state index in [1.165, 1.54) is 6.92 Å². The molecule has 5 heteroatoms. The van der Waals surface area contributed by atoms with Gasteiger partial charge in [-0.3, -0.25) is 4.79 Å². The normalized spacial score (nSPS) is 10.4. The number of aromatic nitrogens is 3. The molecular formula is C11H10ClN3O. The standard InChI is InChI=1S/C11H10ClN3O/c1-7-10(8(2)16)6-14-15(7)11-4-3-9(12)5-13-11/h3-6H,1-2H3. The summed E-state index contributed by atoms with van der Waals surface area (Å²) in [6.07, 6.45) is 3.10. The molecule has 0 radical (unpaired) electrons. The molecule has 0 saturated heterocycles. The average molecular weight is 236 g/mol. The smallest absolute Gasteiger partial charge is 0.163 e. The number of carbonyl (C=O) groups excluding carboxylic acids is 1. The zero-order valence-corrected chi connectivity index (χ0v) is 9.69. The van der Waals surface area contributed by atoms with E-state index in [2.05, 4.69) is 10.1 Å². The molecule has 2 heterocycles. The molecule has 0 aliphatic heterocycles. The van der Waals surface area contributed by atoms with Crippen molar-refractivity contribution in [1.29, 1.82) is 0 Å². The van der Waals surface area contributed by atoms with Crippen LogP contribution in [0.5, 0.6) is 0 Å². The Kier molecular flexibility index (Phi) is 2.75. The van der Waals surface area contributed by atoms with Crippen molar-refractivity contribution in [2.45, 2.75) is 13.8 Å². The number of halogens is 1. The summed E-state index contributed by atoms with van der Waals surface area (Å²) in [7, 11) is 0. The van der Waals surface area contributed by atoms with E-state index in [4.69, 9.17) is 11.6 Å². The number of hydrogen-bond donors (Lipinski definition) is 0. The minimum atomic E-state index is -0.00212. The van der Waals surface area contributed by atoms with Crippen LogP contribution in [0.2, 0.25) is 5.02 Å². The molecule has 0 saturated carbocycles. The predicted octanol–water partition coefficient (Wildman–Crippen LogP) is 2.43. The molecule has 0 amide bonds. The van der Waals surface area contributed by atoms with Gasteiger partial charge >= 0.3 is 0 Å². The highest BCUT2D eigenvalue weighted by molar-refractivity contribution is 6.30. The topological polar surface area (TPSA) is 47.8 Å². The SMILES string of the molecule is CC(=O)c1cnn(-c2ccc(Cl)cn2)c1C. The summed E-state index contributed by atoms with van der Waals surface area (Å²) in [4.78, 5) is 15.4. The van der Waals surface area contributed by atoms with Crippen LogP contribution in [0.3, 0.4) is 0 Å². The van der Waals surface area contributed by atoms with Crippen molar-refractivity contribution in [3.05, 3.63) is 40.8 Å². The molecule has 0 unspecified atom stereocenters. The molecule has 0 fully saturated rings. The van der Waals surface area contributed by atoms with Crippen LogP contribution < -0.4 is 0 Å². The van der Waals surface area contributed by atoms with E-state index in [-0.39, 0.29) is 5.78 Å². The number of pyridine rings is 1. The van der Waals surface area contributed by atoms with Crippen LogP contribution in [0.1, 0.15) is 23.0 Å². The largest absolute Gasteiger partial charge is 0.294 e. The second-order valence-corrected chi connectivity index (χ2v) is 3.88. The van der Waals surface area contributed by atoms with Gasteiger partial charge in [-0.25, -0.2) is 9.67 Å². The van der Waals surface area contributed by atoms with Crippen LogP contribution in [0.25, 0.3) is 5.82 Å². The maximum Gasteiger partial charge on any atom is 0.163 e. The number of ketones is 1. The molecule has 0 N–H and O–H groups in total. The predicted molar refractivity (Wildman–Crippen MR) is 61.1 cm³/mol. The zero-order valence-electron chi connectivity index (χ0n) is 8.94. The first kappa shape index (κ1) is 10.8. The van der Waals surface area contributed by atoms with Gasteiger partial charge in [-0.2, -0.15) is 5.10 Å². The Labute approximate surface area is 97.9 Å². The first-order valence-corrected chi connectivity index (χ1v) is 5.15. The van der Waals surface area contributed by atoms with Gasteiger partial charge in [0.25, 0.3) is 0 Å². The van der Waals surface area contributed by atoms with Gasteiger partial charge in [-0.1, -0.05) is 11.6 Å². The summed E-state index contributed by atoms with van der Waals surface area (Å²) in [6, 6.07) is 3.49. The third-order valence-corrected chi connectivity index (χ3v) is 2.54. The van der Waals surface area contributed by atoms with Crippen LogP contribution in [0.4, 0.5) is 0 Å². The van der Waals surface area contributed by atoms with Crippen molar-refractivity contribution in [2.75, 3.05) is 0 Å². The second kappa shape index (κ2) is 4.06. The summed E-state index contributed by atoms with van der Waals surface area (Å²) < 4.78 is 1.62. The second-order valence-electron chi connectivity index (χ2n) is 3.45. The molecule has 0 aromatic carbocycles. The van der Waals surface area contributed by atoms with E-state index in [0.29, 0.717) is 16.4 Å². The Hall–Kier alpha value is -1.68. The number of hydrogen-bond acceptors (Lipinski definition) is 3. The number of Topliss-reactive ketones (excluding diaryl/α,β-unsaturated/α-hetero) is 1. The first-order chi connectivity index (χ1) is 7.59. The third-order valence-electron chi connectivity index (χ3n) is 2.32. The fourth-order valence-corrected chi connectivity index (χ4v) is 1.59. The van der Waals surface area contributed by atoms with Crippen LogP contribution >= 0.6 is 11.6 Å². The fourth-order valence-electron chi connectivity index (χ4n) is 1.48. The first-order valence-electron chi connectivity index (χ1n) is 4.77. The van der Waals surface area contributed by atoms with Crippen molar-refractivity contribution in [3.8, 4) is 5.82 Å². The van der Waals surface area contributed by atoms with Crippen molar-refractivity contribution < 1.29 is 4.79 Å². The van der Waals surface area contributed by atoms with Gasteiger partial charge in [0.15, 0.2) is 11.6 Å². The highest BCUT2D eigenvalue weighted by atomic mass is 35.5. The van der Waals surface area contributed by atoms with E-state index in [9.17, 15) is 4.79 Å². The lowest BCUT2D eigenvalue weighted by atomic mass is 10.2. The van der Waals surface area contributed by atoms with Crippen molar-refractivity contribution in [3.63, 3.8) is 0 Å². The van der Waals surface area contributed by atoms with Crippen LogP contribution in [0.15, 0.2) is 24.5 Å². The average Bonchev–Trinajstić information content (AvgIpc) is 2.61. The van der Waals surface area contributed by atoms with Gasteiger partial charge < -0.3 is 0 Å². The van der Waals surface area contributed by atoms with E-state index in [0.717, 1.165) is 5.69 Å². The van der Waals surface area contributed by atoms with Crippen LogP contribution in [-0.4, -0.2) is 20.5 Å². The number of rotatable bonds is 2. The highest BCUT2D eigenvalue weighted by Crippen LogP contribution is 2.14. The molecule has 4 nitrogen and oxygen atoms in total. The molecule has 0 aliphatic rings. The molecule has 2 rings (SSSR count). The van der Waals surface area contributed by atoms with E-state index in [1.807, 2.05) is 6.92 Å². The van der Waals surface area contributed by atoms with Gasteiger partial charge in [-0.05, 0) is 26.0 Å². The van der Waals surface area contributed by atoms with Crippen molar-refractivity contribution in [1.82, 2.24) is 14.8 Å². The molecular weight excluding hydrogens is 226 g/mol. The summed E-state index contributed by atoms with van der Waals surface area (Å²) >= 11 is 5.75. The van der Waals surface area contributed by atoms with Gasteiger partial charge in [-0.15, -0.1) is 0 Å². The number of nitrogens with zero attached hydrogens (tertiary/aromatic N) is 3. The minimum absolute atomic E-state index is 0.00212. The molecule has 82 valence electrons. The minimum Gasteiger partial charge on any atom is -0.294 e. The number of carbonyl (C=O) groups is 1. The Morgan fingerprint density at radius 1 is 1.38 bits per heavy atom. The lowest BCUT2D eigenvalue weighted by Gasteiger charge is -2.03. The van der Waals surface area contributed by atoms with Crippen LogP contribution in [0, 0.1) is 6.92 Å². The lowest BCUT2D eigenvalue weighted by molar-refractivity contribution is 0.101. The van der Waals surface area contributed by atoms with Gasteiger partial charge in [0.05, 0.1) is 22.5 Å². The Morgan fingerprint density at radius 2 is 2.12 bits per heavy atom. The Morgan fingerprint density at radius 3 is 2.62 bits per heavy atom. The molecule has 0 spiro atoms. The molecule has 2 aromatic rings. The van der Waals surface area contributed by atoms with E-state index >= 15 is 0 Å². The third kappa shape index (κ3) is 1.84. The fraction of sp³-hybridized carbons (Fsp3) is 0.182. The summed E-state index contributed by atoms with van der Waals surface area (Å²) in [5.74, 6) is 0.645. The zero-order chi connectivity index (χ0) is 11.7. The van der Waals surface area contributed by atoms with E-state index in [1.54, 1.807) is 29.2 Å². The van der Waals surface area contributed by atoms with Crippen LogP contribution in [-0.2, 0) is 0 Å². The molecule has 0 atom stereocenters. The quantitative estimate of drug-likeness (QED) is 0.751. The molecule has 0 aliphatic carbocycles.